The molecule has 0 saturated carbocycles. The molecule has 1 aliphatic heterocycles. The first-order valence-corrected chi connectivity index (χ1v) is 11.4. The number of nitrogens with zero attached hydrogens (tertiary/aromatic N) is 1. The second-order valence-electron chi connectivity index (χ2n) is 7.93. The van der Waals surface area contributed by atoms with Crippen LogP contribution in [-0.2, 0) is 16.1 Å². The van der Waals surface area contributed by atoms with Gasteiger partial charge in [0, 0.05) is 22.8 Å². The van der Waals surface area contributed by atoms with Crippen LogP contribution in [0.4, 0.5) is 11.4 Å². The molecule has 36 heavy (non-hydrogen) atoms. The summed E-state index contributed by atoms with van der Waals surface area (Å²) < 4.78 is 0. The summed E-state index contributed by atoms with van der Waals surface area (Å²) in [5.74, 6) is -2.98. The number of aromatic carboxylic acids is 1. The topological polar surface area (TPSA) is 119 Å². The first kappa shape index (κ1) is 25.0. The van der Waals surface area contributed by atoms with Gasteiger partial charge < -0.3 is 20.5 Å². The van der Waals surface area contributed by atoms with Crippen molar-refractivity contribution in [3.63, 3.8) is 0 Å². The summed E-state index contributed by atoms with van der Waals surface area (Å²) in [7, 11) is 0. The number of rotatable bonds is 7. The zero-order valence-electron chi connectivity index (χ0n) is 18.8. The van der Waals surface area contributed by atoms with E-state index in [9.17, 15) is 24.3 Å². The summed E-state index contributed by atoms with van der Waals surface area (Å²) >= 11 is 12.1. The number of imide groups is 1. The number of hydrogen-bond acceptors (Lipinski definition) is 6. The number of hydrogen-bond donors (Lipinski definition) is 2. The monoisotopic (exact) mass is 522 g/mol. The van der Waals surface area contributed by atoms with Crippen molar-refractivity contribution in [2.75, 3.05) is 10.2 Å². The van der Waals surface area contributed by atoms with Crippen LogP contribution in [0.15, 0.2) is 77.5 Å². The van der Waals surface area contributed by atoms with Crippen molar-refractivity contribution in [3.05, 3.63) is 105 Å². The Labute approximate surface area is 216 Å². The molecule has 0 saturated heterocycles. The Morgan fingerprint density at radius 1 is 0.889 bits per heavy atom. The largest absolute Gasteiger partial charge is 0.545 e. The predicted octanol–water partition coefficient (Wildman–Crippen LogP) is 3.38. The minimum absolute atomic E-state index is 0.0434. The number of carbonyl (C=O) groups excluding carboxylic acids is 4. The van der Waals surface area contributed by atoms with Gasteiger partial charge >= 0.3 is 0 Å². The van der Waals surface area contributed by atoms with E-state index in [2.05, 4.69) is 10.6 Å². The highest BCUT2D eigenvalue weighted by molar-refractivity contribution is 6.53. The Balaban J connectivity index is 1.49. The molecular formula is C26H18Cl2N3O5-. The number of anilines is 2. The van der Waals surface area contributed by atoms with Crippen LogP contribution in [0.2, 0.25) is 5.02 Å². The maximum Gasteiger partial charge on any atom is 0.283 e. The number of halogens is 2. The Bertz CT molecular complexity index is 1420. The van der Waals surface area contributed by atoms with Crippen LogP contribution in [0.5, 0.6) is 0 Å². The second kappa shape index (κ2) is 10.2. The molecule has 1 heterocycles. The van der Waals surface area contributed by atoms with Gasteiger partial charge in [0.15, 0.2) is 0 Å². The maximum absolute atomic E-state index is 13.0. The standard InChI is InChI=1S/C26H19Cl2N3O5/c1-14-2-5-17(23(32)29-13-15-3-6-16(7-4-15)26(35)36)12-20(14)30-22-21(28)24(33)31(25(22)34)19-10-8-18(27)9-11-19/h2-12,30H,13H2,1H3,(H,29,32)(H,35,36)/p-1. The maximum atomic E-state index is 13.0. The van der Waals surface area contributed by atoms with E-state index in [1.807, 2.05) is 0 Å². The van der Waals surface area contributed by atoms with Gasteiger partial charge in [0.25, 0.3) is 17.7 Å². The molecule has 0 atom stereocenters. The van der Waals surface area contributed by atoms with Gasteiger partial charge in [0.2, 0.25) is 0 Å². The first-order chi connectivity index (χ1) is 17.2. The fourth-order valence-electron chi connectivity index (χ4n) is 3.51. The Kier molecular flexibility index (Phi) is 7.10. The molecule has 0 fully saturated rings. The van der Waals surface area contributed by atoms with E-state index in [0.29, 0.717) is 33.1 Å². The van der Waals surface area contributed by atoms with Crippen molar-refractivity contribution in [2.24, 2.45) is 0 Å². The fraction of sp³-hybridized carbons (Fsp3) is 0.0769. The molecule has 10 heteroatoms. The molecular weight excluding hydrogens is 505 g/mol. The highest BCUT2D eigenvalue weighted by Crippen LogP contribution is 2.31. The lowest BCUT2D eigenvalue weighted by atomic mass is 10.1. The van der Waals surface area contributed by atoms with Gasteiger partial charge in [0.05, 0.1) is 11.7 Å². The van der Waals surface area contributed by atoms with Gasteiger partial charge in [-0.15, -0.1) is 0 Å². The second-order valence-corrected chi connectivity index (χ2v) is 8.75. The van der Waals surface area contributed by atoms with Crippen LogP contribution in [0.3, 0.4) is 0 Å². The Hall–Kier alpha value is -4.14. The minimum Gasteiger partial charge on any atom is -0.545 e. The van der Waals surface area contributed by atoms with Gasteiger partial charge in [-0.3, -0.25) is 14.4 Å². The Morgan fingerprint density at radius 3 is 2.17 bits per heavy atom. The van der Waals surface area contributed by atoms with Gasteiger partial charge in [-0.05, 0) is 60.0 Å². The number of carbonyl (C=O) groups is 4. The molecule has 3 amide bonds. The molecule has 3 aromatic rings. The average Bonchev–Trinajstić information content (AvgIpc) is 3.07. The molecule has 4 rings (SSSR count). The number of amides is 3. The lowest BCUT2D eigenvalue weighted by Crippen LogP contribution is -2.32. The third kappa shape index (κ3) is 5.10. The van der Waals surface area contributed by atoms with E-state index in [1.165, 1.54) is 24.3 Å². The number of aryl methyl sites for hydroxylation is 1. The van der Waals surface area contributed by atoms with Crippen LogP contribution < -0.4 is 20.6 Å². The van der Waals surface area contributed by atoms with Crippen LogP contribution in [0.1, 0.15) is 31.8 Å². The number of nitrogens with one attached hydrogen (secondary N) is 2. The fourth-order valence-corrected chi connectivity index (χ4v) is 3.85. The predicted molar refractivity (Wildman–Crippen MR) is 134 cm³/mol. The quantitative estimate of drug-likeness (QED) is 0.459. The molecule has 0 unspecified atom stereocenters. The SMILES string of the molecule is Cc1ccc(C(=O)NCc2ccc(C(=O)[O-])cc2)cc1NC1=C(Cl)C(=O)N(c2ccc(Cl)cc2)C1=O. The van der Waals surface area contributed by atoms with Crippen molar-refractivity contribution < 1.29 is 24.3 Å². The molecule has 182 valence electrons. The van der Waals surface area contributed by atoms with Gasteiger partial charge in [-0.25, -0.2) is 4.90 Å². The third-order valence-electron chi connectivity index (χ3n) is 5.51. The first-order valence-electron chi connectivity index (χ1n) is 10.7. The summed E-state index contributed by atoms with van der Waals surface area (Å²) in [5, 5.41) is 16.7. The molecule has 8 nitrogen and oxygen atoms in total. The summed E-state index contributed by atoms with van der Waals surface area (Å²) in [4.78, 5) is 50.2. The van der Waals surface area contributed by atoms with Crippen molar-refractivity contribution in [2.45, 2.75) is 13.5 Å². The summed E-state index contributed by atoms with van der Waals surface area (Å²) in [5.41, 5.74) is 2.40. The summed E-state index contributed by atoms with van der Waals surface area (Å²) in [6, 6.07) is 17.0. The van der Waals surface area contributed by atoms with Crippen LogP contribution in [-0.4, -0.2) is 23.7 Å². The highest BCUT2D eigenvalue weighted by atomic mass is 35.5. The normalized spacial score (nSPS) is 13.2. The van der Waals surface area contributed by atoms with Crippen molar-refractivity contribution in [1.29, 1.82) is 0 Å². The van der Waals surface area contributed by atoms with Crippen molar-refractivity contribution >= 4 is 58.3 Å². The lowest BCUT2D eigenvalue weighted by Gasteiger charge is -2.16. The van der Waals surface area contributed by atoms with Crippen LogP contribution in [0, 0.1) is 6.92 Å². The van der Waals surface area contributed by atoms with Gasteiger partial charge in [-0.1, -0.05) is 53.5 Å². The van der Waals surface area contributed by atoms with E-state index in [0.717, 1.165) is 4.90 Å². The lowest BCUT2D eigenvalue weighted by molar-refractivity contribution is -0.255. The zero-order chi connectivity index (χ0) is 26.0. The molecule has 1 aliphatic rings. The number of benzene rings is 3. The zero-order valence-corrected chi connectivity index (χ0v) is 20.3. The number of carboxylic acid groups (broad SMARTS) is 1. The molecule has 0 aliphatic carbocycles. The molecule has 0 radical (unpaired) electrons. The van der Waals surface area contributed by atoms with Crippen molar-refractivity contribution in [3.8, 4) is 0 Å². The molecule has 0 bridgehead atoms. The minimum atomic E-state index is -1.28. The molecule has 2 N–H and O–H groups in total. The van der Waals surface area contributed by atoms with E-state index >= 15 is 0 Å². The van der Waals surface area contributed by atoms with E-state index in [4.69, 9.17) is 23.2 Å². The third-order valence-corrected chi connectivity index (χ3v) is 6.12. The van der Waals surface area contributed by atoms with E-state index in [-0.39, 0.29) is 22.8 Å². The van der Waals surface area contributed by atoms with E-state index < -0.39 is 23.7 Å². The summed E-state index contributed by atoms with van der Waals surface area (Å²) in [6.45, 7) is 1.94. The van der Waals surface area contributed by atoms with E-state index in [1.54, 1.807) is 49.4 Å². The van der Waals surface area contributed by atoms with Gasteiger partial charge in [-0.2, -0.15) is 0 Å². The van der Waals surface area contributed by atoms with Crippen molar-refractivity contribution in [1.82, 2.24) is 5.32 Å². The summed E-state index contributed by atoms with van der Waals surface area (Å²) in [6.07, 6.45) is 0. The highest BCUT2D eigenvalue weighted by Gasteiger charge is 2.39. The molecule has 3 aromatic carbocycles. The average molecular weight is 523 g/mol. The Morgan fingerprint density at radius 2 is 1.53 bits per heavy atom. The molecule has 0 spiro atoms. The van der Waals surface area contributed by atoms with Crippen LogP contribution >= 0.6 is 23.2 Å². The van der Waals surface area contributed by atoms with Crippen LogP contribution in [0.25, 0.3) is 0 Å². The smallest absolute Gasteiger partial charge is 0.283 e. The molecule has 0 aromatic heterocycles. The van der Waals surface area contributed by atoms with Gasteiger partial charge in [0.1, 0.15) is 10.7 Å². The number of carboxylic acids is 1.